The second kappa shape index (κ2) is 8.54. The number of hydrogen-bond donors (Lipinski definition) is 2. The molecule has 0 spiro atoms. The highest BCUT2D eigenvalue weighted by atomic mass is 32.1. The van der Waals surface area contributed by atoms with Gasteiger partial charge in [-0.3, -0.25) is 4.79 Å². The second-order valence-corrected chi connectivity index (χ2v) is 7.96. The van der Waals surface area contributed by atoms with E-state index in [4.69, 9.17) is 10.2 Å². The van der Waals surface area contributed by atoms with Crippen LogP contribution >= 0.6 is 11.3 Å². The number of benzene rings is 1. The zero-order valence-electron chi connectivity index (χ0n) is 16.9. The molecule has 10 heteroatoms. The lowest BCUT2D eigenvalue weighted by Crippen LogP contribution is -2.15. The number of carbonyl (C=O) groups excluding carboxylic acids is 1. The number of amides is 1. The van der Waals surface area contributed by atoms with Gasteiger partial charge in [-0.25, -0.2) is 4.98 Å². The van der Waals surface area contributed by atoms with Crippen LogP contribution in [-0.4, -0.2) is 15.5 Å². The van der Waals surface area contributed by atoms with Gasteiger partial charge in [-0.15, -0.1) is 11.3 Å². The van der Waals surface area contributed by atoms with Crippen molar-refractivity contribution in [2.24, 2.45) is 5.73 Å². The predicted octanol–water partition coefficient (Wildman–Crippen LogP) is 5.29. The van der Waals surface area contributed by atoms with E-state index in [1.54, 1.807) is 41.3 Å². The maximum Gasteiger partial charge on any atom is 0.416 e. The molecule has 0 radical (unpaired) electrons. The zero-order valence-corrected chi connectivity index (χ0v) is 17.8. The highest BCUT2D eigenvalue weighted by molar-refractivity contribution is 7.14. The topological polar surface area (TPSA) is 86.1 Å². The Morgan fingerprint density at radius 2 is 2.03 bits per heavy atom. The van der Waals surface area contributed by atoms with Gasteiger partial charge in [0.2, 0.25) is 0 Å². The fourth-order valence-corrected chi connectivity index (χ4v) is 4.17. The maximum atomic E-state index is 13.5. The third-order valence-electron chi connectivity index (χ3n) is 5.04. The lowest BCUT2D eigenvalue weighted by molar-refractivity contribution is -0.138. The molecule has 0 fully saturated rings. The molecule has 0 unspecified atom stereocenters. The first-order chi connectivity index (χ1) is 15.2. The third kappa shape index (κ3) is 4.40. The molecule has 0 atom stereocenters. The minimum absolute atomic E-state index is 0.0855. The van der Waals surface area contributed by atoms with Crippen LogP contribution in [0, 0.1) is 6.92 Å². The average molecular weight is 460 g/mol. The molecule has 0 saturated heterocycles. The van der Waals surface area contributed by atoms with Crippen LogP contribution in [0.2, 0.25) is 0 Å². The minimum Gasteiger partial charge on any atom is -0.467 e. The summed E-state index contributed by atoms with van der Waals surface area (Å²) in [5.74, 6) is 0.0822. The Bertz CT molecular complexity index is 1240. The van der Waals surface area contributed by atoms with Gasteiger partial charge >= 0.3 is 6.18 Å². The average Bonchev–Trinajstić information content (AvgIpc) is 3.47. The number of rotatable bonds is 7. The van der Waals surface area contributed by atoms with Gasteiger partial charge in [0.25, 0.3) is 5.91 Å². The largest absolute Gasteiger partial charge is 0.467 e. The molecule has 0 saturated carbocycles. The summed E-state index contributed by atoms with van der Waals surface area (Å²) >= 11 is 1.34. The Balaban J connectivity index is 1.70. The van der Waals surface area contributed by atoms with Crippen molar-refractivity contribution in [3.63, 3.8) is 0 Å². The summed E-state index contributed by atoms with van der Waals surface area (Å²) < 4.78 is 47.4. The summed E-state index contributed by atoms with van der Waals surface area (Å²) in [6, 6.07) is 10.5. The molecule has 32 heavy (non-hydrogen) atoms. The quantitative estimate of drug-likeness (QED) is 0.392. The molecule has 4 aromatic rings. The molecular weight excluding hydrogens is 441 g/mol. The van der Waals surface area contributed by atoms with Gasteiger partial charge < -0.3 is 20.0 Å². The van der Waals surface area contributed by atoms with E-state index in [-0.39, 0.29) is 17.7 Å². The molecule has 3 heterocycles. The highest BCUT2D eigenvalue weighted by Gasteiger charge is 2.33. The van der Waals surface area contributed by atoms with Gasteiger partial charge in [0.1, 0.15) is 5.76 Å². The number of nitrogens with two attached hydrogens (primary N) is 1. The van der Waals surface area contributed by atoms with Gasteiger partial charge in [0, 0.05) is 17.6 Å². The third-order valence-corrected chi connectivity index (χ3v) is 5.84. The normalized spacial score (nSPS) is 11.6. The Morgan fingerprint density at radius 1 is 1.25 bits per heavy atom. The lowest BCUT2D eigenvalue weighted by atomic mass is 10.1. The summed E-state index contributed by atoms with van der Waals surface area (Å²) in [4.78, 5) is 16.5. The van der Waals surface area contributed by atoms with Crippen molar-refractivity contribution in [1.29, 1.82) is 0 Å². The number of nitrogens with zero attached hydrogens (tertiary/aromatic N) is 2. The fraction of sp³-hybridized carbons (Fsp3) is 0.182. The summed E-state index contributed by atoms with van der Waals surface area (Å²) in [7, 11) is 0. The number of aromatic nitrogens is 2. The SMILES string of the molecule is Cc1c(C(N)=O)cc(-c2csc(NCc3ccco3)n2)n1Cc1ccccc1C(F)(F)F. The summed E-state index contributed by atoms with van der Waals surface area (Å²) in [6.45, 7) is 2.00. The van der Waals surface area contributed by atoms with Crippen LogP contribution in [0.25, 0.3) is 11.4 Å². The first-order valence-corrected chi connectivity index (χ1v) is 10.5. The Kier molecular flexibility index (Phi) is 5.79. The number of nitrogens with one attached hydrogen (secondary N) is 1. The Labute approximate surface area is 185 Å². The van der Waals surface area contributed by atoms with E-state index >= 15 is 0 Å². The molecule has 6 nitrogen and oxygen atoms in total. The fourth-order valence-electron chi connectivity index (χ4n) is 3.46. The van der Waals surface area contributed by atoms with Gasteiger partial charge in [0.05, 0.1) is 35.3 Å². The summed E-state index contributed by atoms with van der Waals surface area (Å²) in [5.41, 5.74) is 6.61. The van der Waals surface area contributed by atoms with Crippen molar-refractivity contribution in [3.05, 3.63) is 82.3 Å². The molecule has 0 aliphatic rings. The van der Waals surface area contributed by atoms with E-state index in [1.165, 1.54) is 23.5 Å². The van der Waals surface area contributed by atoms with Gasteiger partial charge in [-0.1, -0.05) is 18.2 Å². The van der Waals surface area contributed by atoms with Crippen molar-refractivity contribution in [2.45, 2.75) is 26.2 Å². The lowest BCUT2D eigenvalue weighted by Gasteiger charge is -2.16. The number of hydrogen-bond acceptors (Lipinski definition) is 5. The monoisotopic (exact) mass is 460 g/mol. The Hall–Kier alpha value is -3.53. The van der Waals surface area contributed by atoms with Crippen LogP contribution in [0.15, 0.2) is 58.5 Å². The van der Waals surface area contributed by atoms with Gasteiger partial charge in [0.15, 0.2) is 5.13 Å². The first-order valence-electron chi connectivity index (χ1n) is 9.61. The summed E-state index contributed by atoms with van der Waals surface area (Å²) in [5, 5.41) is 5.53. The van der Waals surface area contributed by atoms with Crippen LogP contribution in [0.5, 0.6) is 0 Å². The standard InChI is InChI=1S/C22H19F3N4O2S/c1-13-16(20(26)30)9-19(18-12-32-21(28-18)27-10-15-6-4-8-31-15)29(13)11-14-5-2-3-7-17(14)22(23,24)25/h2-9,12H,10-11H2,1H3,(H2,26,30)(H,27,28). The predicted molar refractivity (Wildman–Crippen MR) is 115 cm³/mol. The van der Waals surface area contributed by atoms with E-state index in [9.17, 15) is 18.0 Å². The van der Waals surface area contributed by atoms with Crippen molar-refractivity contribution >= 4 is 22.4 Å². The van der Waals surface area contributed by atoms with Crippen LogP contribution in [-0.2, 0) is 19.3 Å². The van der Waals surface area contributed by atoms with E-state index in [0.29, 0.717) is 28.8 Å². The van der Waals surface area contributed by atoms with E-state index in [2.05, 4.69) is 10.3 Å². The van der Waals surface area contributed by atoms with Crippen LogP contribution < -0.4 is 11.1 Å². The zero-order chi connectivity index (χ0) is 22.9. The molecule has 1 amide bonds. The van der Waals surface area contributed by atoms with Crippen molar-refractivity contribution in [3.8, 4) is 11.4 Å². The number of thiazole rings is 1. The maximum absolute atomic E-state index is 13.5. The van der Waals surface area contributed by atoms with Gasteiger partial charge in [-0.05, 0) is 36.8 Å². The number of anilines is 1. The van der Waals surface area contributed by atoms with Crippen LogP contribution in [0.4, 0.5) is 18.3 Å². The number of furan rings is 1. The number of alkyl halides is 3. The van der Waals surface area contributed by atoms with Crippen LogP contribution in [0.1, 0.15) is 32.9 Å². The van der Waals surface area contributed by atoms with Gasteiger partial charge in [-0.2, -0.15) is 13.2 Å². The molecule has 3 aromatic heterocycles. The molecule has 166 valence electrons. The van der Waals surface area contributed by atoms with Crippen molar-refractivity contribution in [1.82, 2.24) is 9.55 Å². The highest BCUT2D eigenvalue weighted by Crippen LogP contribution is 2.34. The molecule has 1 aromatic carbocycles. The van der Waals surface area contributed by atoms with Crippen molar-refractivity contribution < 1.29 is 22.4 Å². The molecule has 0 bridgehead atoms. The second-order valence-electron chi connectivity index (χ2n) is 7.10. The van der Waals surface area contributed by atoms with Crippen LogP contribution in [0.3, 0.4) is 0 Å². The molecule has 3 N–H and O–H groups in total. The first kappa shape index (κ1) is 21.7. The molecule has 0 aliphatic heterocycles. The molecule has 0 aliphatic carbocycles. The van der Waals surface area contributed by atoms with E-state index < -0.39 is 17.6 Å². The number of carbonyl (C=O) groups is 1. The van der Waals surface area contributed by atoms with E-state index in [1.807, 2.05) is 6.07 Å². The van der Waals surface area contributed by atoms with E-state index in [0.717, 1.165) is 11.8 Å². The smallest absolute Gasteiger partial charge is 0.416 e. The minimum atomic E-state index is -4.49. The molecular formula is C22H19F3N4O2S. The van der Waals surface area contributed by atoms with Crippen molar-refractivity contribution in [2.75, 3.05) is 5.32 Å². The number of halogens is 3. The Morgan fingerprint density at radius 3 is 2.72 bits per heavy atom. The number of primary amides is 1. The summed E-state index contributed by atoms with van der Waals surface area (Å²) in [6.07, 6.45) is -2.92. The molecule has 4 rings (SSSR count).